The average molecular weight is 785 g/mol. The van der Waals surface area contributed by atoms with E-state index in [1.54, 1.807) is 57.0 Å². The lowest BCUT2D eigenvalue weighted by Crippen LogP contribution is -2.50. The van der Waals surface area contributed by atoms with E-state index in [-0.39, 0.29) is 54.0 Å². The van der Waals surface area contributed by atoms with Crippen molar-refractivity contribution >= 4 is 40.5 Å². The average Bonchev–Trinajstić information content (AvgIpc) is 3.83. The molecule has 2 saturated heterocycles. The van der Waals surface area contributed by atoms with Crippen LogP contribution in [0.4, 0.5) is 14.9 Å². The Balaban J connectivity index is 1.09. The molecule has 310 valence electrons. The fraction of sp³-hybridized carbons (Fsp3) is 0.714. The van der Waals surface area contributed by atoms with Crippen LogP contribution in [0.5, 0.6) is 0 Å². The van der Waals surface area contributed by atoms with Gasteiger partial charge in [-0.15, -0.1) is 0 Å². The van der Waals surface area contributed by atoms with Gasteiger partial charge in [-0.2, -0.15) is 0 Å². The molecule has 2 saturated carbocycles. The largest absolute Gasteiger partial charge is 0.460 e. The molecule has 13 nitrogen and oxygen atoms in total. The van der Waals surface area contributed by atoms with Crippen LogP contribution in [0.3, 0.4) is 0 Å². The summed E-state index contributed by atoms with van der Waals surface area (Å²) in [6.07, 6.45) is 7.02. The highest BCUT2D eigenvalue weighted by atomic mass is 19.1. The van der Waals surface area contributed by atoms with Crippen LogP contribution in [-0.4, -0.2) is 117 Å². The maximum absolute atomic E-state index is 14.3. The first-order valence-electron chi connectivity index (χ1n) is 20.6. The van der Waals surface area contributed by atoms with Crippen LogP contribution in [-0.2, 0) is 28.5 Å². The summed E-state index contributed by atoms with van der Waals surface area (Å²) < 4.78 is 41.8. The molecule has 4 fully saturated rings. The summed E-state index contributed by atoms with van der Waals surface area (Å²) >= 11 is 0. The number of esters is 1. The van der Waals surface area contributed by atoms with Crippen molar-refractivity contribution < 1.29 is 46.9 Å². The fourth-order valence-corrected chi connectivity index (χ4v) is 9.18. The number of halogens is 1. The highest BCUT2D eigenvalue weighted by Gasteiger charge is 2.47. The second-order valence-corrected chi connectivity index (χ2v) is 17.0. The summed E-state index contributed by atoms with van der Waals surface area (Å²) in [6.45, 7) is 9.38. The van der Waals surface area contributed by atoms with Crippen molar-refractivity contribution in [1.82, 2.24) is 15.1 Å². The van der Waals surface area contributed by atoms with E-state index < -0.39 is 36.4 Å². The van der Waals surface area contributed by atoms with Crippen molar-refractivity contribution in [3.8, 4) is 0 Å². The lowest BCUT2D eigenvalue weighted by molar-refractivity contribution is -0.142. The number of ether oxygens (including phenoxy) is 4. The number of alkyl halides is 1. The van der Waals surface area contributed by atoms with Crippen molar-refractivity contribution in [2.75, 3.05) is 65.1 Å². The number of carbonyl (C=O) groups excluding carboxylic acids is 4. The van der Waals surface area contributed by atoms with E-state index in [0.29, 0.717) is 55.3 Å². The highest BCUT2D eigenvalue weighted by Crippen LogP contribution is 2.42. The fourth-order valence-electron chi connectivity index (χ4n) is 9.18. The van der Waals surface area contributed by atoms with E-state index in [1.807, 2.05) is 0 Å². The molecule has 2 aliphatic carbocycles. The molecule has 0 bridgehead atoms. The monoisotopic (exact) mass is 784 g/mol. The summed E-state index contributed by atoms with van der Waals surface area (Å²) in [7, 11) is 1.74. The molecule has 2 N–H and O–H groups in total. The topological polar surface area (TPSA) is 149 Å². The Hall–Kier alpha value is -3.75. The molecule has 3 amide bonds. The molecule has 0 unspecified atom stereocenters. The van der Waals surface area contributed by atoms with Crippen LogP contribution in [0, 0.1) is 23.7 Å². The minimum atomic E-state index is -0.713. The summed E-state index contributed by atoms with van der Waals surface area (Å²) in [5, 5.41) is 6.46. The third-order valence-corrected chi connectivity index (χ3v) is 12.2. The highest BCUT2D eigenvalue weighted by molar-refractivity contribution is 6.00. The number of anilines is 1. The van der Waals surface area contributed by atoms with E-state index >= 15 is 0 Å². The van der Waals surface area contributed by atoms with Gasteiger partial charge in [-0.25, -0.2) is 14.0 Å². The van der Waals surface area contributed by atoms with E-state index in [4.69, 9.17) is 23.4 Å². The molecule has 2 aromatic rings. The minimum absolute atomic E-state index is 0.00400. The van der Waals surface area contributed by atoms with Crippen LogP contribution >= 0.6 is 0 Å². The number of rotatable bonds is 13. The smallest absolute Gasteiger partial charge is 0.407 e. The quantitative estimate of drug-likeness (QED) is 0.174. The van der Waals surface area contributed by atoms with Gasteiger partial charge in [-0.3, -0.25) is 14.5 Å². The number of carbonyl (C=O) groups is 4. The zero-order chi connectivity index (χ0) is 39.8. The van der Waals surface area contributed by atoms with E-state index in [0.717, 1.165) is 65.0 Å². The molecule has 1 aromatic carbocycles. The van der Waals surface area contributed by atoms with Crippen molar-refractivity contribution in [1.29, 1.82) is 0 Å². The predicted molar refractivity (Wildman–Crippen MR) is 208 cm³/mol. The molecular weight excluding hydrogens is 723 g/mol. The van der Waals surface area contributed by atoms with Crippen LogP contribution in [0.1, 0.15) is 95.5 Å². The summed E-state index contributed by atoms with van der Waals surface area (Å²) in [5.74, 6) is -0.810. The van der Waals surface area contributed by atoms with Gasteiger partial charge in [0.05, 0.1) is 32.0 Å². The zero-order valence-corrected chi connectivity index (χ0v) is 33.5. The van der Waals surface area contributed by atoms with Crippen LogP contribution in [0.15, 0.2) is 28.7 Å². The van der Waals surface area contributed by atoms with Gasteiger partial charge in [0.1, 0.15) is 23.9 Å². The molecule has 4 aliphatic rings. The third-order valence-electron chi connectivity index (χ3n) is 12.2. The molecule has 3 heterocycles. The number of nitrogens with one attached hydrogen (secondary N) is 2. The summed E-state index contributed by atoms with van der Waals surface area (Å²) in [5.41, 5.74) is 0.356. The lowest BCUT2D eigenvalue weighted by Gasteiger charge is -2.38. The number of nitrogens with zero attached hydrogens (tertiary/aromatic N) is 2. The van der Waals surface area contributed by atoms with Gasteiger partial charge >= 0.3 is 12.1 Å². The Kier molecular flexibility index (Phi) is 14.3. The normalized spacial score (nSPS) is 26.8. The Morgan fingerprint density at radius 3 is 2.36 bits per heavy atom. The molecule has 56 heavy (non-hydrogen) atoms. The van der Waals surface area contributed by atoms with Gasteiger partial charge in [0.2, 0.25) is 17.6 Å². The van der Waals surface area contributed by atoms with E-state index in [2.05, 4.69) is 15.5 Å². The number of likely N-dealkylation sites (tertiary alicyclic amines) is 1. The molecule has 3 atom stereocenters. The number of methoxy groups -OCH3 is 1. The molecule has 0 spiro atoms. The number of amides is 3. The SMILES string of the molecule is COC1CCC([C@@H]2CCN(C(=O)C3CCC([C@@H](CF)NC(=O)OC(C)(C)C)CC3)[C@@H]2C(=O)Nc2ccc3oc(C(=O)OCCCN4CCOCC4)cc3c2)CC1. The molecule has 6 rings (SSSR count). The number of morpholine rings is 1. The second-order valence-electron chi connectivity index (χ2n) is 17.0. The van der Waals surface area contributed by atoms with Crippen LogP contribution < -0.4 is 10.6 Å². The van der Waals surface area contributed by atoms with Crippen molar-refractivity contribution in [2.45, 2.75) is 109 Å². The van der Waals surface area contributed by atoms with Gasteiger partial charge in [0.25, 0.3) is 0 Å². The maximum Gasteiger partial charge on any atom is 0.407 e. The Bertz CT molecular complexity index is 1640. The van der Waals surface area contributed by atoms with E-state index in [9.17, 15) is 23.6 Å². The third kappa shape index (κ3) is 10.8. The standard InChI is InChI=1S/C42H61FN4O9/c1-42(2,3)56-41(51)45-34(26-43)28-6-8-29(9-7-28)39(49)47-18-16-33(27-10-13-32(52-4)14-11-27)37(47)38(48)44-31-12-15-35-30(24-31)25-36(55-35)40(50)54-21-5-17-46-19-22-53-23-20-46/h12,15,24-25,27-29,32-34,37H,5-11,13-14,16-23,26H2,1-4H3,(H,44,48)(H,45,51)/t27?,28?,29?,32?,33-,34+,37-/m0/s1. The first kappa shape index (κ1) is 41.9. The lowest BCUT2D eigenvalue weighted by atomic mass is 9.75. The zero-order valence-electron chi connectivity index (χ0n) is 33.5. The first-order chi connectivity index (χ1) is 26.9. The van der Waals surface area contributed by atoms with Crippen molar-refractivity contribution in [2.24, 2.45) is 23.7 Å². The summed E-state index contributed by atoms with van der Waals surface area (Å²) in [4.78, 5) is 57.9. The minimum Gasteiger partial charge on any atom is -0.460 e. The molecule has 2 aliphatic heterocycles. The summed E-state index contributed by atoms with van der Waals surface area (Å²) in [6, 6.07) is 5.55. The van der Waals surface area contributed by atoms with Gasteiger partial charge in [0.15, 0.2) is 0 Å². The maximum atomic E-state index is 14.3. The van der Waals surface area contributed by atoms with Gasteiger partial charge in [0, 0.05) is 50.3 Å². The van der Waals surface area contributed by atoms with Crippen molar-refractivity contribution in [3.63, 3.8) is 0 Å². The van der Waals surface area contributed by atoms with Gasteiger partial charge in [-0.1, -0.05) is 0 Å². The Morgan fingerprint density at radius 2 is 1.68 bits per heavy atom. The molecule has 14 heteroatoms. The van der Waals surface area contributed by atoms with Crippen molar-refractivity contribution in [3.05, 3.63) is 30.0 Å². The van der Waals surface area contributed by atoms with Gasteiger partial charge < -0.3 is 38.9 Å². The van der Waals surface area contributed by atoms with Crippen LogP contribution in [0.2, 0.25) is 0 Å². The Morgan fingerprint density at radius 1 is 0.946 bits per heavy atom. The number of benzene rings is 1. The number of alkyl carbamates (subject to hydrolysis) is 1. The Labute approximate surface area is 329 Å². The van der Waals surface area contributed by atoms with Crippen LogP contribution in [0.25, 0.3) is 11.0 Å². The van der Waals surface area contributed by atoms with Gasteiger partial charge in [-0.05, 0) is 127 Å². The second kappa shape index (κ2) is 19.1. The number of furan rings is 1. The predicted octanol–water partition coefficient (Wildman–Crippen LogP) is 6.34. The number of hydrogen-bond acceptors (Lipinski definition) is 10. The molecule has 0 radical (unpaired) electrons. The molecular formula is C42H61FN4O9. The first-order valence-corrected chi connectivity index (χ1v) is 20.6. The number of fused-ring (bicyclic) bond motifs is 1. The number of hydrogen-bond donors (Lipinski definition) is 2. The molecule has 1 aromatic heterocycles. The van der Waals surface area contributed by atoms with E-state index in [1.165, 1.54) is 0 Å².